The van der Waals surface area contributed by atoms with Crippen LogP contribution in [0, 0.1) is 0 Å². The van der Waals surface area contributed by atoms with Crippen LogP contribution in [0.5, 0.6) is 11.5 Å². The summed E-state index contributed by atoms with van der Waals surface area (Å²) < 4.78 is 0. The summed E-state index contributed by atoms with van der Waals surface area (Å²) in [4.78, 5) is 28.1. The van der Waals surface area contributed by atoms with Crippen molar-refractivity contribution in [1.29, 1.82) is 0 Å². The molecule has 2 amide bonds. The van der Waals surface area contributed by atoms with Gasteiger partial charge in [0.1, 0.15) is 11.5 Å². The van der Waals surface area contributed by atoms with Crippen molar-refractivity contribution in [3.8, 4) is 11.5 Å². The number of benzene rings is 2. The van der Waals surface area contributed by atoms with Crippen LogP contribution < -0.4 is 20.7 Å². The number of phenolic OH excluding ortho intramolecular Hbond substituents is 2. The summed E-state index contributed by atoms with van der Waals surface area (Å²) in [6.07, 6.45) is 2.52. The van der Waals surface area contributed by atoms with Crippen molar-refractivity contribution in [2.75, 3.05) is 36.0 Å². The quantitative estimate of drug-likeness (QED) is 0.249. The maximum Gasteiger partial charge on any atom is 0.240 e. The van der Waals surface area contributed by atoms with Crippen LogP contribution in [0.15, 0.2) is 46.6 Å². The van der Waals surface area contributed by atoms with Crippen LogP contribution in [-0.4, -0.2) is 60.6 Å². The molecular formula is C26H36N6O4. The fourth-order valence-corrected chi connectivity index (χ4v) is 3.54. The zero-order valence-electron chi connectivity index (χ0n) is 21.4. The van der Waals surface area contributed by atoms with Crippen molar-refractivity contribution in [1.82, 2.24) is 10.9 Å². The van der Waals surface area contributed by atoms with E-state index >= 15 is 0 Å². The lowest BCUT2D eigenvalue weighted by Crippen LogP contribution is -2.23. The first-order valence-corrected chi connectivity index (χ1v) is 12.1. The van der Waals surface area contributed by atoms with Gasteiger partial charge < -0.3 is 20.0 Å². The molecule has 0 fully saturated rings. The van der Waals surface area contributed by atoms with Gasteiger partial charge in [0.25, 0.3) is 0 Å². The van der Waals surface area contributed by atoms with Gasteiger partial charge in [0.2, 0.25) is 11.8 Å². The number of carbonyl (C=O) groups is 2. The summed E-state index contributed by atoms with van der Waals surface area (Å²) in [5.41, 5.74) is 7.41. The first-order valence-electron chi connectivity index (χ1n) is 12.1. The van der Waals surface area contributed by atoms with Crippen molar-refractivity contribution < 1.29 is 19.8 Å². The summed E-state index contributed by atoms with van der Waals surface area (Å²) in [7, 11) is 0. The molecule has 0 aliphatic heterocycles. The molecule has 0 aromatic heterocycles. The van der Waals surface area contributed by atoms with E-state index in [-0.39, 0.29) is 24.3 Å². The molecule has 4 N–H and O–H groups in total. The Morgan fingerprint density at radius 1 is 0.722 bits per heavy atom. The van der Waals surface area contributed by atoms with Gasteiger partial charge in [-0.1, -0.05) is 0 Å². The molecule has 0 atom stereocenters. The predicted molar refractivity (Wildman–Crippen MR) is 144 cm³/mol. The molecule has 10 nitrogen and oxygen atoms in total. The van der Waals surface area contributed by atoms with E-state index in [0.29, 0.717) is 11.1 Å². The van der Waals surface area contributed by atoms with Crippen molar-refractivity contribution in [3.05, 3.63) is 47.5 Å². The second-order valence-electron chi connectivity index (χ2n) is 7.92. The van der Waals surface area contributed by atoms with E-state index in [1.165, 1.54) is 12.4 Å². The molecule has 0 bridgehead atoms. The standard InChI is InChI=1S/C26H36N6O4/c1-5-31(6-2)21-11-9-19(23(33)15-21)17-27-29-25(35)13-14-26(36)30-28-18-20-10-12-22(16-24(20)34)32(7-3)8-4/h9-12,15-18,33-34H,5-8,13-14H2,1-4H3,(H,29,35)(H,30,36)/b27-17-,28-18-. The zero-order valence-corrected chi connectivity index (χ0v) is 21.4. The van der Waals surface area contributed by atoms with Gasteiger partial charge in [0.15, 0.2) is 0 Å². The number of hydrogen-bond donors (Lipinski definition) is 4. The summed E-state index contributed by atoms with van der Waals surface area (Å²) >= 11 is 0. The first-order chi connectivity index (χ1) is 17.3. The second kappa shape index (κ2) is 14.3. The van der Waals surface area contributed by atoms with Gasteiger partial charge in [-0.2, -0.15) is 10.2 Å². The zero-order chi connectivity index (χ0) is 26.5. The number of hydrazone groups is 2. The van der Waals surface area contributed by atoms with E-state index in [1.54, 1.807) is 24.3 Å². The lowest BCUT2D eigenvalue weighted by Gasteiger charge is -2.21. The van der Waals surface area contributed by atoms with E-state index in [9.17, 15) is 19.8 Å². The van der Waals surface area contributed by atoms with E-state index in [4.69, 9.17) is 0 Å². The molecule has 0 radical (unpaired) electrons. The molecule has 0 aliphatic rings. The normalized spacial score (nSPS) is 11.1. The van der Waals surface area contributed by atoms with Gasteiger partial charge in [-0.15, -0.1) is 0 Å². The summed E-state index contributed by atoms with van der Waals surface area (Å²) in [6, 6.07) is 10.5. The van der Waals surface area contributed by atoms with Crippen LogP contribution >= 0.6 is 0 Å². The Bertz CT molecular complexity index is 993. The molecule has 0 heterocycles. The van der Waals surface area contributed by atoms with Gasteiger partial charge in [0, 0.05) is 73.7 Å². The number of hydrogen-bond acceptors (Lipinski definition) is 8. The van der Waals surface area contributed by atoms with Crippen molar-refractivity contribution in [2.45, 2.75) is 40.5 Å². The Morgan fingerprint density at radius 2 is 1.08 bits per heavy atom. The number of anilines is 2. The number of carbonyl (C=O) groups excluding carboxylic acids is 2. The predicted octanol–water partition coefficient (Wildman–Crippen LogP) is 3.17. The molecule has 0 saturated heterocycles. The fraction of sp³-hybridized carbons (Fsp3) is 0.385. The fourth-order valence-electron chi connectivity index (χ4n) is 3.54. The van der Waals surface area contributed by atoms with Gasteiger partial charge in [-0.3, -0.25) is 9.59 Å². The average molecular weight is 497 g/mol. The number of phenols is 2. The average Bonchev–Trinajstić information content (AvgIpc) is 2.86. The third-order valence-electron chi connectivity index (χ3n) is 5.65. The summed E-state index contributed by atoms with van der Waals surface area (Å²) in [5, 5.41) is 28.1. The number of amides is 2. The van der Waals surface area contributed by atoms with Crippen molar-refractivity contribution >= 4 is 35.6 Å². The van der Waals surface area contributed by atoms with Crippen LogP contribution in [0.3, 0.4) is 0 Å². The minimum Gasteiger partial charge on any atom is -0.507 e. The van der Waals surface area contributed by atoms with Crippen molar-refractivity contribution in [2.24, 2.45) is 10.2 Å². The minimum atomic E-state index is -0.450. The van der Waals surface area contributed by atoms with E-state index in [0.717, 1.165) is 37.6 Å². The van der Waals surface area contributed by atoms with Crippen LogP contribution in [0.25, 0.3) is 0 Å². The van der Waals surface area contributed by atoms with E-state index < -0.39 is 11.8 Å². The SMILES string of the molecule is CCN(CC)c1ccc(/C=N\NC(=O)CCC(=O)N/N=C\c2ccc(N(CC)CC)cc2O)c(O)c1. The minimum absolute atomic E-state index is 0.0587. The van der Waals surface area contributed by atoms with E-state index in [2.05, 4.69) is 30.9 Å². The number of nitrogens with zero attached hydrogens (tertiary/aromatic N) is 4. The van der Waals surface area contributed by atoms with Gasteiger partial charge >= 0.3 is 0 Å². The highest BCUT2D eigenvalue weighted by Gasteiger charge is 2.08. The van der Waals surface area contributed by atoms with Gasteiger partial charge in [-0.25, -0.2) is 10.9 Å². The Morgan fingerprint density at radius 3 is 1.39 bits per heavy atom. The molecule has 36 heavy (non-hydrogen) atoms. The highest BCUT2D eigenvalue weighted by Crippen LogP contribution is 2.24. The van der Waals surface area contributed by atoms with Gasteiger partial charge in [-0.05, 0) is 52.0 Å². The molecule has 0 aliphatic carbocycles. The van der Waals surface area contributed by atoms with Crippen LogP contribution in [0.2, 0.25) is 0 Å². The third kappa shape index (κ3) is 8.30. The largest absolute Gasteiger partial charge is 0.507 e. The molecule has 2 aromatic carbocycles. The lowest BCUT2D eigenvalue weighted by molar-refractivity contribution is -0.126. The molecule has 2 rings (SSSR count). The Balaban J connectivity index is 1.79. The Kier molecular flexibility index (Phi) is 11.2. The molecule has 0 saturated carbocycles. The highest BCUT2D eigenvalue weighted by atomic mass is 16.3. The second-order valence-corrected chi connectivity index (χ2v) is 7.92. The van der Waals surface area contributed by atoms with Crippen LogP contribution in [0.4, 0.5) is 11.4 Å². The maximum absolute atomic E-state index is 12.0. The molecule has 0 spiro atoms. The topological polar surface area (TPSA) is 130 Å². The van der Waals surface area contributed by atoms with Crippen LogP contribution in [-0.2, 0) is 9.59 Å². The molecule has 194 valence electrons. The molecular weight excluding hydrogens is 460 g/mol. The Hall–Kier alpha value is -4.08. The summed E-state index contributed by atoms with van der Waals surface area (Å²) in [6.45, 7) is 11.4. The monoisotopic (exact) mass is 496 g/mol. The summed E-state index contributed by atoms with van der Waals surface area (Å²) in [5.74, 6) is -0.782. The Labute approximate surface area is 212 Å². The molecule has 2 aromatic rings. The third-order valence-corrected chi connectivity index (χ3v) is 5.65. The van der Waals surface area contributed by atoms with Gasteiger partial charge in [0.05, 0.1) is 12.4 Å². The number of nitrogens with one attached hydrogen (secondary N) is 2. The molecule has 0 unspecified atom stereocenters. The number of aromatic hydroxyl groups is 2. The molecule has 10 heteroatoms. The maximum atomic E-state index is 12.0. The van der Waals surface area contributed by atoms with Crippen molar-refractivity contribution in [3.63, 3.8) is 0 Å². The highest BCUT2D eigenvalue weighted by molar-refractivity contribution is 5.88. The smallest absolute Gasteiger partial charge is 0.240 e. The number of rotatable bonds is 13. The lowest BCUT2D eigenvalue weighted by atomic mass is 10.2. The van der Waals surface area contributed by atoms with Crippen LogP contribution in [0.1, 0.15) is 51.7 Å². The van der Waals surface area contributed by atoms with E-state index in [1.807, 2.05) is 39.8 Å². The first kappa shape index (κ1) is 28.2.